The molecule has 5 aromatic rings. The van der Waals surface area contributed by atoms with Gasteiger partial charge in [0, 0.05) is 34.6 Å². The Morgan fingerprint density at radius 3 is 2.52 bits per heavy atom. The summed E-state index contributed by atoms with van der Waals surface area (Å²) in [5.74, 6) is 1.30. The van der Waals surface area contributed by atoms with Crippen molar-refractivity contribution < 1.29 is 0 Å². The summed E-state index contributed by atoms with van der Waals surface area (Å²) in [5, 5.41) is 12.5. The van der Waals surface area contributed by atoms with Crippen LogP contribution in [-0.4, -0.2) is 24.7 Å². The van der Waals surface area contributed by atoms with Crippen LogP contribution in [0.25, 0.3) is 16.5 Å². The average Bonchev–Trinajstić information content (AvgIpc) is 3.19. The smallest absolute Gasteiger partial charge is 0.311 e. The van der Waals surface area contributed by atoms with Crippen molar-refractivity contribution in [1.29, 1.82) is 0 Å². The Kier molecular flexibility index (Phi) is 5.85. The summed E-state index contributed by atoms with van der Waals surface area (Å²) >= 11 is 7.66. The Hall–Kier alpha value is -3.62. The minimum atomic E-state index is -0.555. The zero-order chi connectivity index (χ0) is 22.8. The molecule has 3 aromatic carbocycles. The Bertz CT molecular complexity index is 1520. The molecule has 2 aromatic heterocycles. The van der Waals surface area contributed by atoms with Gasteiger partial charge in [-0.3, -0.25) is 14.3 Å². The molecule has 5 rings (SSSR count). The van der Waals surface area contributed by atoms with Crippen LogP contribution in [0.2, 0.25) is 5.02 Å². The van der Waals surface area contributed by atoms with Gasteiger partial charge in [0.15, 0.2) is 5.16 Å². The number of fused-ring (bicyclic) bond motifs is 1. The summed E-state index contributed by atoms with van der Waals surface area (Å²) in [6.45, 7) is 0. The number of nitrogens with one attached hydrogen (secondary N) is 2. The highest BCUT2D eigenvalue weighted by Crippen LogP contribution is 2.29. The first-order valence-corrected chi connectivity index (χ1v) is 11.6. The lowest BCUT2D eigenvalue weighted by molar-refractivity contribution is 0.829. The third-order valence-corrected chi connectivity index (χ3v) is 6.42. The summed E-state index contributed by atoms with van der Waals surface area (Å²) in [4.78, 5) is 28.3. The van der Waals surface area contributed by atoms with Gasteiger partial charge in [0.1, 0.15) is 5.82 Å². The van der Waals surface area contributed by atoms with E-state index >= 15 is 0 Å². The third-order valence-electron chi connectivity index (χ3n) is 5.19. The number of rotatable bonds is 6. The first-order chi connectivity index (χ1) is 16.1. The number of hydrogen-bond acceptors (Lipinski definition) is 5. The number of thioether (sulfide) groups is 1. The lowest BCUT2D eigenvalue weighted by Gasteiger charge is -2.11. The second kappa shape index (κ2) is 9.09. The fraction of sp³-hybridized carbons (Fsp3) is 0.0833. The number of aromatic nitrogens is 5. The summed E-state index contributed by atoms with van der Waals surface area (Å²) in [5.41, 5.74) is 1.48. The van der Waals surface area contributed by atoms with E-state index in [-0.39, 0.29) is 6.42 Å². The molecule has 0 atom stereocenters. The van der Waals surface area contributed by atoms with E-state index < -0.39 is 11.2 Å². The molecule has 0 saturated heterocycles. The monoisotopic (exact) mass is 475 g/mol. The molecule has 0 amide bonds. The van der Waals surface area contributed by atoms with Crippen LogP contribution < -0.4 is 11.2 Å². The lowest BCUT2D eigenvalue weighted by Crippen LogP contribution is -2.23. The van der Waals surface area contributed by atoms with Crippen molar-refractivity contribution in [3.8, 4) is 5.69 Å². The van der Waals surface area contributed by atoms with E-state index in [9.17, 15) is 9.59 Å². The maximum Gasteiger partial charge on any atom is 0.325 e. The van der Waals surface area contributed by atoms with Gasteiger partial charge in [-0.05, 0) is 40.6 Å². The SMILES string of the molecule is O=c1cc(Cc2nnc(SCc3cccc4ccccc34)n2-c2ccc(Cl)cc2)[nH]c(=O)[nH]1. The minimum absolute atomic E-state index is 0.240. The summed E-state index contributed by atoms with van der Waals surface area (Å²) in [6.07, 6.45) is 0.240. The summed E-state index contributed by atoms with van der Waals surface area (Å²) < 4.78 is 1.92. The van der Waals surface area contributed by atoms with Gasteiger partial charge >= 0.3 is 5.69 Å². The van der Waals surface area contributed by atoms with Gasteiger partial charge in [-0.1, -0.05) is 65.8 Å². The maximum atomic E-state index is 11.7. The van der Waals surface area contributed by atoms with Crippen molar-refractivity contribution in [2.24, 2.45) is 0 Å². The molecule has 2 N–H and O–H groups in total. The van der Waals surface area contributed by atoms with Crippen LogP contribution in [0.4, 0.5) is 0 Å². The van der Waals surface area contributed by atoms with Gasteiger partial charge < -0.3 is 4.98 Å². The van der Waals surface area contributed by atoms with Crippen LogP contribution in [0, 0.1) is 0 Å². The highest BCUT2D eigenvalue weighted by atomic mass is 35.5. The highest BCUT2D eigenvalue weighted by molar-refractivity contribution is 7.98. The molecule has 0 aliphatic carbocycles. The Morgan fingerprint density at radius 1 is 0.909 bits per heavy atom. The summed E-state index contributed by atoms with van der Waals surface area (Å²) in [7, 11) is 0. The van der Waals surface area contributed by atoms with Crippen LogP contribution in [0.15, 0.2) is 87.5 Å². The van der Waals surface area contributed by atoms with Gasteiger partial charge in [0.25, 0.3) is 5.56 Å². The van der Waals surface area contributed by atoms with Crippen molar-refractivity contribution in [1.82, 2.24) is 24.7 Å². The van der Waals surface area contributed by atoms with Crippen LogP contribution in [-0.2, 0) is 12.2 Å². The van der Waals surface area contributed by atoms with Gasteiger partial charge in [-0.15, -0.1) is 10.2 Å². The molecule has 0 aliphatic rings. The average molecular weight is 476 g/mol. The Labute approximate surface area is 197 Å². The van der Waals surface area contributed by atoms with E-state index in [2.05, 4.69) is 50.5 Å². The maximum absolute atomic E-state index is 11.7. The largest absolute Gasteiger partial charge is 0.325 e. The standard InChI is InChI=1S/C24H18ClN5O2S/c25-17-8-10-19(11-9-17)30-21(12-18-13-22(31)27-23(32)26-18)28-29-24(30)33-14-16-6-3-5-15-4-1-2-7-20(15)16/h1-11,13H,12,14H2,(H2,26,27,31,32). The second-order valence-corrected chi connectivity index (χ2v) is 8.81. The predicted octanol–water partition coefficient (Wildman–Crippen LogP) is 4.33. The van der Waals surface area contributed by atoms with Crippen molar-refractivity contribution in [2.75, 3.05) is 0 Å². The molecular weight excluding hydrogens is 458 g/mol. The minimum Gasteiger partial charge on any atom is -0.311 e. The fourth-order valence-electron chi connectivity index (χ4n) is 3.70. The zero-order valence-corrected chi connectivity index (χ0v) is 18.9. The number of halogens is 1. The van der Waals surface area contributed by atoms with Crippen molar-refractivity contribution >= 4 is 34.1 Å². The number of aromatic amines is 2. The number of nitrogens with zero attached hydrogens (tertiary/aromatic N) is 3. The molecule has 164 valence electrons. The second-order valence-electron chi connectivity index (χ2n) is 7.43. The molecule has 0 radical (unpaired) electrons. The van der Waals surface area contributed by atoms with Crippen LogP contribution >= 0.6 is 23.4 Å². The van der Waals surface area contributed by atoms with E-state index in [0.29, 0.717) is 27.5 Å². The zero-order valence-electron chi connectivity index (χ0n) is 17.3. The van der Waals surface area contributed by atoms with Gasteiger partial charge in [0.05, 0.1) is 0 Å². The Balaban J connectivity index is 1.52. The quantitative estimate of drug-likeness (QED) is 0.356. The van der Waals surface area contributed by atoms with Crippen molar-refractivity contribution in [3.63, 3.8) is 0 Å². The molecular formula is C24H18ClN5O2S. The topological polar surface area (TPSA) is 96.4 Å². The van der Waals surface area contributed by atoms with Gasteiger partial charge in [0.2, 0.25) is 0 Å². The first-order valence-electron chi connectivity index (χ1n) is 10.2. The third kappa shape index (κ3) is 4.62. The highest BCUT2D eigenvalue weighted by Gasteiger charge is 2.16. The van der Waals surface area contributed by atoms with E-state index in [4.69, 9.17) is 11.6 Å². The molecule has 0 saturated carbocycles. The normalized spacial score (nSPS) is 11.2. The number of H-pyrrole nitrogens is 2. The fourth-order valence-corrected chi connectivity index (χ4v) is 4.80. The van der Waals surface area contributed by atoms with Gasteiger partial charge in [-0.25, -0.2) is 4.79 Å². The van der Waals surface area contributed by atoms with Crippen LogP contribution in [0.5, 0.6) is 0 Å². The molecule has 0 spiro atoms. The molecule has 0 bridgehead atoms. The summed E-state index contributed by atoms with van der Waals surface area (Å²) in [6, 6.07) is 23.3. The molecule has 9 heteroatoms. The number of benzene rings is 3. The molecule has 0 fully saturated rings. The molecule has 33 heavy (non-hydrogen) atoms. The predicted molar refractivity (Wildman–Crippen MR) is 130 cm³/mol. The molecule has 7 nitrogen and oxygen atoms in total. The van der Waals surface area contributed by atoms with Crippen LogP contribution in [0.3, 0.4) is 0 Å². The molecule has 0 aliphatic heterocycles. The lowest BCUT2D eigenvalue weighted by atomic mass is 10.1. The van der Waals surface area contributed by atoms with E-state index in [0.717, 1.165) is 5.69 Å². The van der Waals surface area contributed by atoms with E-state index in [1.807, 2.05) is 28.8 Å². The first kappa shape index (κ1) is 21.2. The van der Waals surface area contributed by atoms with Gasteiger partial charge in [-0.2, -0.15) is 0 Å². The Morgan fingerprint density at radius 2 is 1.70 bits per heavy atom. The van der Waals surface area contributed by atoms with Crippen molar-refractivity contribution in [3.05, 3.63) is 116 Å². The molecule has 2 heterocycles. The van der Waals surface area contributed by atoms with E-state index in [1.54, 1.807) is 23.9 Å². The van der Waals surface area contributed by atoms with Crippen molar-refractivity contribution in [2.45, 2.75) is 17.3 Å². The molecule has 0 unspecified atom stereocenters. The van der Waals surface area contributed by atoms with E-state index in [1.165, 1.54) is 22.4 Å². The van der Waals surface area contributed by atoms with Crippen LogP contribution in [0.1, 0.15) is 17.1 Å². The number of hydrogen-bond donors (Lipinski definition) is 2.